The van der Waals surface area contributed by atoms with Crippen molar-refractivity contribution < 1.29 is 4.42 Å². The molecule has 0 radical (unpaired) electrons. The van der Waals surface area contributed by atoms with Crippen molar-refractivity contribution in [2.75, 3.05) is 13.1 Å². The largest absolute Gasteiger partial charge is 0.420 e. The first-order chi connectivity index (χ1) is 9.24. The van der Waals surface area contributed by atoms with Gasteiger partial charge in [-0.05, 0) is 51.4 Å². The normalized spacial score (nSPS) is 16.7. The highest BCUT2D eigenvalue weighted by molar-refractivity contribution is 5.58. The highest BCUT2D eigenvalue weighted by Gasteiger charge is 2.21. The van der Waals surface area contributed by atoms with E-state index in [4.69, 9.17) is 4.42 Å². The van der Waals surface area contributed by atoms with E-state index >= 15 is 0 Å². The zero-order valence-electron chi connectivity index (χ0n) is 11.4. The molecule has 1 aliphatic heterocycles. The average molecular weight is 257 g/mol. The first-order valence-electron chi connectivity index (χ1n) is 6.86. The maximum absolute atomic E-state index is 5.88. The molecular weight excluding hydrogens is 238 g/mol. The minimum Gasteiger partial charge on any atom is -0.420 e. The van der Waals surface area contributed by atoms with Crippen LogP contribution in [-0.4, -0.2) is 23.3 Å². The fraction of sp³-hybridized carbons (Fsp3) is 0.467. The summed E-state index contributed by atoms with van der Waals surface area (Å²) in [5, 5.41) is 11.8. The lowest BCUT2D eigenvalue weighted by atomic mass is 9.98. The predicted octanol–water partition coefficient (Wildman–Crippen LogP) is 2.82. The Balaban J connectivity index is 1.87. The molecule has 2 heterocycles. The molecule has 19 heavy (non-hydrogen) atoms. The molecule has 0 bridgehead atoms. The Bertz CT molecular complexity index is 571. The third-order valence-corrected chi connectivity index (χ3v) is 3.74. The molecule has 3 rings (SSSR count). The van der Waals surface area contributed by atoms with Crippen LogP contribution in [0.4, 0.5) is 0 Å². The molecular formula is C15H19N3O. The Kier molecular flexibility index (Phi) is 3.34. The van der Waals surface area contributed by atoms with E-state index in [2.05, 4.69) is 47.6 Å². The molecule has 0 unspecified atom stereocenters. The van der Waals surface area contributed by atoms with Gasteiger partial charge in [0.25, 0.3) is 0 Å². The van der Waals surface area contributed by atoms with Crippen molar-refractivity contribution in [3.63, 3.8) is 0 Å². The van der Waals surface area contributed by atoms with E-state index < -0.39 is 0 Å². The van der Waals surface area contributed by atoms with Crippen molar-refractivity contribution in [1.29, 1.82) is 0 Å². The van der Waals surface area contributed by atoms with Crippen LogP contribution in [0.1, 0.15) is 35.8 Å². The van der Waals surface area contributed by atoms with Gasteiger partial charge in [-0.15, -0.1) is 10.2 Å². The summed E-state index contributed by atoms with van der Waals surface area (Å²) < 4.78 is 5.88. The summed E-state index contributed by atoms with van der Waals surface area (Å²) in [6, 6.07) is 6.28. The standard InChI is InChI=1S/C15H19N3O/c1-10-3-4-13(11(2)9-10)15-18-17-14(19-15)12-5-7-16-8-6-12/h3-4,9,12,16H,5-8H2,1-2H3. The lowest BCUT2D eigenvalue weighted by Crippen LogP contribution is -2.26. The third-order valence-electron chi connectivity index (χ3n) is 3.74. The monoisotopic (exact) mass is 257 g/mol. The summed E-state index contributed by atoms with van der Waals surface area (Å²) in [7, 11) is 0. The van der Waals surface area contributed by atoms with Gasteiger partial charge in [0.2, 0.25) is 11.8 Å². The number of hydrogen-bond donors (Lipinski definition) is 1. The predicted molar refractivity (Wildman–Crippen MR) is 74.1 cm³/mol. The van der Waals surface area contributed by atoms with Crippen LogP contribution >= 0.6 is 0 Å². The Morgan fingerprint density at radius 2 is 1.95 bits per heavy atom. The van der Waals surface area contributed by atoms with E-state index in [0.29, 0.717) is 11.8 Å². The number of nitrogens with one attached hydrogen (secondary N) is 1. The van der Waals surface area contributed by atoms with Gasteiger partial charge in [-0.3, -0.25) is 0 Å². The van der Waals surface area contributed by atoms with Crippen LogP contribution in [-0.2, 0) is 0 Å². The molecule has 100 valence electrons. The van der Waals surface area contributed by atoms with Gasteiger partial charge in [-0.25, -0.2) is 0 Å². The number of hydrogen-bond acceptors (Lipinski definition) is 4. The van der Waals surface area contributed by atoms with Crippen LogP contribution < -0.4 is 5.32 Å². The van der Waals surface area contributed by atoms with Gasteiger partial charge in [0.05, 0.1) is 0 Å². The van der Waals surface area contributed by atoms with Gasteiger partial charge in [-0.1, -0.05) is 17.7 Å². The number of rotatable bonds is 2. The average Bonchev–Trinajstić information content (AvgIpc) is 2.89. The van der Waals surface area contributed by atoms with Crippen molar-refractivity contribution in [3.8, 4) is 11.5 Å². The van der Waals surface area contributed by atoms with Crippen LogP contribution in [0.2, 0.25) is 0 Å². The Hall–Kier alpha value is -1.68. The lowest BCUT2D eigenvalue weighted by Gasteiger charge is -2.18. The van der Waals surface area contributed by atoms with E-state index in [-0.39, 0.29) is 0 Å². The molecule has 0 atom stereocenters. The number of piperidine rings is 1. The van der Waals surface area contributed by atoms with Gasteiger partial charge in [0.1, 0.15) is 0 Å². The lowest BCUT2D eigenvalue weighted by molar-refractivity contribution is 0.378. The highest BCUT2D eigenvalue weighted by atomic mass is 16.4. The van der Waals surface area contributed by atoms with Crippen LogP contribution in [0.3, 0.4) is 0 Å². The summed E-state index contributed by atoms with van der Waals surface area (Å²) in [5.41, 5.74) is 3.47. The molecule has 0 amide bonds. The first-order valence-corrected chi connectivity index (χ1v) is 6.86. The molecule has 1 aromatic carbocycles. The summed E-state index contributed by atoms with van der Waals surface area (Å²) in [6.07, 6.45) is 2.16. The van der Waals surface area contributed by atoms with Crippen molar-refractivity contribution in [3.05, 3.63) is 35.2 Å². The van der Waals surface area contributed by atoms with Crippen molar-refractivity contribution in [1.82, 2.24) is 15.5 Å². The Morgan fingerprint density at radius 3 is 2.68 bits per heavy atom. The third kappa shape index (κ3) is 2.54. The molecule has 2 aromatic rings. The summed E-state index contributed by atoms with van der Waals surface area (Å²) in [6.45, 7) is 6.24. The van der Waals surface area contributed by atoms with Crippen LogP contribution in [0.25, 0.3) is 11.5 Å². The molecule has 4 nitrogen and oxygen atoms in total. The molecule has 1 fully saturated rings. The summed E-state index contributed by atoms with van der Waals surface area (Å²) in [4.78, 5) is 0. The smallest absolute Gasteiger partial charge is 0.248 e. The van der Waals surface area contributed by atoms with Gasteiger partial charge in [0, 0.05) is 11.5 Å². The van der Waals surface area contributed by atoms with Gasteiger partial charge in [0.15, 0.2) is 0 Å². The molecule has 0 saturated carbocycles. The van der Waals surface area contributed by atoms with Crippen LogP contribution in [0, 0.1) is 13.8 Å². The molecule has 0 spiro atoms. The zero-order valence-corrected chi connectivity index (χ0v) is 11.4. The maximum Gasteiger partial charge on any atom is 0.248 e. The fourth-order valence-electron chi connectivity index (χ4n) is 2.63. The minimum absolute atomic E-state index is 0.410. The first kappa shape index (κ1) is 12.4. The highest BCUT2D eigenvalue weighted by Crippen LogP contribution is 2.28. The van der Waals surface area contributed by atoms with Crippen molar-refractivity contribution in [2.45, 2.75) is 32.6 Å². The molecule has 1 saturated heterocycles. The number of benzene rings is 1. The topological polar surface area (TPSA) is 51.0 Å². The number of aryl methyl sites for hydroxylation is 2. The number of nitrogens with zero attached hydrogens (tertiary/aromatic N) is 2. The van der Waals surface area contributed by atoms with Crippen LogP contribution in [0.15, 0.2) is 22.6 Å². The maximum atomic E-state index is 5.88. The second kappa shape index (κ2) is 5.13. The Morgan fingerprint density at radius 1 is 1.16 bits per heavy atom. The SMILES string of the molecule is Cc1ccc(-c2nnc(C3CCNCC3)o2)c(C)c1. The molecule has 1 N–H and O–H groups in total. The van der Waals surface area contributed by atoms with Crippen LogP contribution in [0.5, 0.6) is 0 Å². The second-order valence-electron chi connectivity index (χ2n) is 5.29. The van der Waals surface area contributed by atoms with Gasteiger partial charge < -0.3 is 9.73 Å². The fourth-order valence-corrected chi connectivity index (χ4v) is 2.63. The molecule has 1 aromatic heterocycles. The van der Waals surface area contributed by atoms with E-state index in [9.17, 15) is 0 Å². The Labute approximate surface area is 113 Å². The van der Waals surface area contributed by atoms with Crippen molar-refractivity contribution >= 4 is 0 Å². The quantitative estimate of drug-likeness (QED) is 0.898. The molecule has 0 aliphatic carbocycles. The molecule has 4 heteroatoms. The van der Waals surface area contributed by atoms with E-state index in [0.717, 1.165) is 37.4 Å². The van der Waals surface area contributed by atoms with E-state index in [1.54, 1.807) is 0 Å². The van der Waals surface area contributed by atoms with Crippen molar-refractivity contribution in [2.24, 2.45) is 0 Å². The molecule has 1 aliphatic rings. The minimum atomic E-state index is 0.410. The summed E-state index contributed by atoms with van der Waals surface area (Å²) in [5.74, 6) is 1.84. The summed E-state index contributed by atoms with van der Waals surface area (Å²) >= 11 is 0. The van der Waals surface area contributed by atoms with Gasteiger partial charge >= 0.3 is 0 Å². The number of aromatic nitrogens is 2. The van der Waals surface area contributed by atoms with E-state index in [1.807, 2.05) is 0 Å². The zero-order chi connectivity index (χ0) is 13.2. The van der Waals surface area contributed by atoms with E-state index in [1.165, 1.54) is 11.1 Å². The second-order valence-corrected chi connectivity index (χ2v) is 5.29. The van der Waals surface area contributed by atoms with Gasteiger partial charge in [-0.2, -0.15) is 0 Å².